The Balaban J connectivity index is 1.94. The fourth-order valence-corrected chi connectivity index (χ4v) is 2.58. The lowest BCUT2D eigenvalue weighted by molar-refractivity contribution is 0.300. The average Bonchev–Trinajstić information content (AvgIpc) is 2.39. The number of hydrogen-bond acceptors (Lipinski definition) is 2. The maximum Gasteiger partial charge on any atom is 0.0169 e. The van der Waals surface area contributed by atoms with Crippen molar-refractivity contribution >= 4 is 0 Å². The second-order valence-electron chi connectivity index (χ2n) is 4.75. The first-order chi connectivity index (χ1) is 7.83. The van der Waals surface area contributed by atoms with Gasteiger partial charge in [-0.2, -0.15) is 0 Å². The Bertz CT molecular complexity index is 261. The Morgan fingerprint density at radius 1 is 0.875 bits per heavy atom. The predicted octanol–water partition coefficient (Wildman–Crippen LogP) is 2.29. The number of nitrogens with zero attached hydrogens (tertiary/aromatic N) is 2. The van der Waals surface area contributed by atoms with E-state index < -0.39 is 0 Å². The van der Waals surface area contributed by atoms with E-state index >= 15 is 0 Å². The molecule has 2 rings (SSSR count). The van der Waals surface area contributed by atoms with Crippen LogP contribution >= 0.6 is 0 Å². The zero-order valence-electron chi connectivity index (χ0n) is 10.7. The van der Waals surface area contributed by atoms with Crippen molar-refractivity contribution in [2.75, 3.05) is 39.3 Å². The van der Waals surface area contributed by atoms with Gasteiger partial charge in [0.1, 0.15) is 0 Å². The molecule has 2 aliphatic heterocycles. The molecule has 0 radical (unpaired) electrons. The molecule has 2 heterocycles. The van der Waals surface area contributed by atoms with Crippen LogP contribution in [-0.4, -0.2) is 49.1 Å². The summed E-state index contributed by atoms with van der Waals surface area (Å²) in [6.45, 7) is 11.7. The van der Waals surface area contributed by atoms with Gasteiger partial charge in [-0.15, -0.1) is 0 Å². The summed E-state index contributed by atoms with van der Waals surface area (Å²) in [5.74, 6) is 0. The molecule has 0 spiro atoms. The highest BCUT2D eigenvalue weighted by Gasteiger charge is 2.16. The summed E-state index contributed by atoms with van der Waals surface area (Å²) < 4.78 is 0. The van der Waals surface area contributed by atoms with Crippen LogP contribution in [0.15, 0.2) is 23.3 Å². The van der Waals surface area contributed by atoms with Crippen molar-refractivity contribution in [2.45, 2.75) is 26.7 Å². The van der Waals surface area contributed by atoms with Gasteiger partial charge in [0.2, 0.25) is 0 Å². The molecule has 0 aromatic rings. The maximum atomic E-state index is 2.51. The highest BCUT2D eigenvalue weighted by Crippen LogP contribution is 2.24. The molecule has 0 atom stereocenters. The van der Waals surface area contributed by atoms with Crippen LogP contribution in [0.5, 0.6) is 0 Å². The summed E-state index contributed by atoms with van der Waals surface area (Å²) in [4.78, 5) is 5.01. The van der Waals surface area contributed by atoms with Gasteiger partial charge in [0.15, 0.2) is 0 Å². The van der Waals surface area contributed by atoms with Crippen molar-refractivity contribution in [2.24, 2.45) is 0 Å². The van der Waals surface area contributed by atoms with Crippen LogP contribution in [0.4, 0.5) is 0 Å². The molecule has 0 aliphatic carbocycles. The second-order valence-corrected chi connectivity index (χ2v) is 4.75. The Morgan fingerprint density at radius 3 is 1.56 bits per heavy atom. The minimum Gasteiger partial charge on any atom is -0.300 e. The van der Waals surface area contributed by atoms with Crippen LogP contribution in [0, 0.1) is 0 Å². The molecular formula is C14H24N2. The van der Waals surface area contributed by atoms with E-state index in [9.17, 15) is 0 Å². The number of likely N-dealkylation sites (N-methyl/N-ethyl adjacent to an activating group) is 2. The van der Waals surface area contributed by atoms with Gasteiger partial charge in [-0.05, 0) is 37.1 Å². The van der Waals surface area contributed by atoms with E-state index in [1.165, 1.54) is 39.0 Å². The summed E-state index contributed by atoms with van der Waals surface area (Å²) in [5.41, 5.74) is 3.25. The zero-order valence-corrected chi connectivity index (χ0v) is 10.7. The average molecular weight is 220 g/mol. The number of hydrogen-bond donors (Lipinski definition) is 0. The van der Waals surface area contributed by atoms with Gasteiger partial charge >= 0.3 is 0 Å². The molecule has 2 aliphatic rings. The zero-order chi connectivity index (χ0) is 11.4. The molecule has 0 saturated carbocycles. The quantitative estimate of drug-likeness (QED) is 0.720. The Labute approximate surface area is 99.6 Å². The lowest BCUT2D eigenvalue weighted by Crippen LogP contribution is -2.31. The molecule has 0 N–H and O–H groups in total. The van der Waals surface area contributed by atoms with Crippen LogP contribution in [0.25, 0.3) is 0 Å². The van der Waals surface area contributed by atoms with Crippen LogP contribution in [0.1, 0.15) is 26.7 Å². The third-order valence-electron chi connectivity index (χ3n) is 3.89. The van der Waals surface area contributed by atoms with Crippen molar-refractivity contribution in [3.63, 3.8) is 0 Å². The SMILES string of the molecule is CCN1CC=C(C2=CCN(CC)CC2)CC1. The van der Waals surface area contributed by atoms with Crippen molar-refractivity contribution < 1.29 is 0 Å². The summed E-state index contributed by atoms with van der Waals surface area (Å²) in [5, 5.41) is 0. The minimum atomic E-state index is 1.15. The van der Waals surface area contributed by atoms with E-state index in [0.717, 1.165) is 13.1 Å². The molecule has 90 valence electrons. The van der Waals surface area contributed by atoms with Gasteiger partial charge in [0, 0.05) is 26.2 Å². The van der Waals surface area contributed by atoms with Gasteiger partial charge < -0.3 is 0 Å². The van der Waals surface area contributed by atoms with Crippen LogP contribution < -0.4 is 0 Å². The standard InChI is InChI=1S/C14H24N2/c1-3-15-9-5-13(6-10-15)14-7-11-16(4-2)12-8-14/h5,7H,3-4,6,8-12H2,1-2H3. The molecule has 0 aromatic heterocycles. The molecule has 0 aromatic carbocycles. The van der Waals surface area contributed by atoms with E-state index in [1.807, 2.05) is 0 Å². The topological polar surface area (TPSA) is 6.48 Å². The molecule has 2 heteroatoms. The predicted molar refractivity (Wildman–Crippen MR) is 69.6 cm³/mol. The molecule has 0 fully saturated rings. The first-order valence-electron chi connectivity index (χ1n) is 6.66. The Hall–Kier alpha value is -0.600. The Morgan fingerprint density at radius 2 is 1.31 bits per heavy atom. The minimum absolute atomic E-state index is 1.15. The molecule has 0 amide bonds. The molecule has 0 saturated heterocycles. The largest absolute Gasteiger partial charge is 0.300 e. The van der Waals surface area contributed by atoms with Gasteiger partial charge in [0.25, 0.3) is 0 Å². The van der Waals surface area contributed by atoms with Crippen molar-refractivity contribution in [1.29, 1.82) is 0 Å². The molecule has 16 heavy (non-hydrogen) atoms. The lowest BCUT2D eigenvalue weighted by atomic mass is 9.94. The van der Waals surface area contributed by atoms with Crippen molar-refractivity contribution in [3.05, 3.63) is 23.3 Å². The van der Waals surface area contributed by atoms with Crippen LogP contribution in [-0.2, 0) is 0 Å². The van der Waals surface area contributed by atoms with Gasteiger partial charge in [-0.3, -0.25) is 9.80 Å². The van der Waals surface area contributed by atoms with E-state index in [1.54, 1.807) is 11.1 Å². The second kappa shape index (κ2) is 5.65. The van der Waals surface area contributed by atoms with Crippen LogP contribution in [0.3, 0.4) is 0 Å². The maximum absolute atomic E-state index is 2.51. The number of rotatable bonds is 3. The van der Waals surface area contributed by atoms with Gasteiger partial charge in [-0.25, -0.2) is 0 Å². The summed E-state index contributed by atoms with van der Waals surface area (Å²) in [6.07, 6.45) is 7.40. The van der Waals surface area contributed by atoms with Gasteiger partial charge in [0.05, 0.1) is 0 Å². The van der Waals surface area contributed by atoms with E-state index in [0.29, 0.717) is 0 Å². The first-order valence-corrected chi connectivity index (χ1v) is 6.66. The van der Waals surface area contributed by atoms with Crippen molar-refractivity contribution in [3.8, 4) is 0 Å². The summed E-state index contributed by atoms with van der Waals surface area (Å²) in [6, 6.07) is 0. The highest BCUT2D eigenvalue weighted by molar-refractivity contribution is 5.34. The highest BCUT2D eigenvalue weighted by atomic mass is 15.1. The van der Waals surface area contributed by atoms with Gasteiger partial charge in [-0.1, -0.05) is 26.0 Å². The molecule has 2 nitrogen and oxygen atoms in total. The first kappa shape index (κ1) is 11.9. The van der Waals surface area contributed by atoms with E-state index in [4.69, 9.17) is 0 Å². The summed E-state index contributed by atoms with van der Waals surface area (Å²) >= 11 is 0. The fourth-order valence-electron chi connectivity index (χ4n) is 2.58. The van der Waals surface area contributed by atoms with E-state index in [-0.39, 0.29) is 0 Å². The third kappa shape index (κ3) is 2.74. The molecule has 0 unspecified atom stereocenters. The fraction of sp³-hybridized carbons (Fsp3) is 0.714. The third-order valence-corrected chi connectivity index (χ3v) is 3.89. The molecular weight excluding hydrogens is 196 g/mol. The Kier molecular flexibility index (Phi) is 4.19. The van der Waals surface area contributed by atoms with E-state index in [2.05, 4.69) is 35.8 Å². The molecule has 0 bridgehead atoms. The summed E-state index contributed by atoms with van der Waals surface area (Å²) in [7, 11) is 0. The van der Waals surface area contributed by atoms with Crippen molar-refractivity contribution in [1.82, 2.24) is 9.80 Å². The normalized spacial score (nSPS) is 24.1. The smallest absolute Gasteiger partial charge is 0.0169 e. The monoisotopic (exact) mass is 220 g/mol. The lowest BCUT2D eigenvalue weighted by Gasteiger charge is -2.30. The van der Waals surface area contributed by atoms with Crippen LogP contribution in [0.2, 0.25) is 0 Å².